The summed E-state index contributed by atoms with van der Waals surface area (Å²) in [4.78, 5) is 0. The molecule has 0 saturated heterocycles. The van der Waals surface area contributed by atoms with Crippen molar-refractivity contribution in [1.29, 1.82) is 0 Å². The Bertz CT molecular complexity index is 1030. The third-order valence-electron chi connectivity index (χ3n) is 8.11. The maximum Gasteiger partial charge on any atom is 0.119 e. The van der Waals surface area contributed by atoms with E-state index < -0.39 is 0 Å². The first-order valence-electron chi connectivity index (χ1n) is 12.7. The predicted octanol–water partition coefficient (Wildman–Crippen LogP) is 8.78. The lowest BCUT2D eigenvalue weighted by atomic mass is 9.73. The molecule has 0 saturated carbocycles. The lowest BCUT2D eigenvalue weighted by Crippen LogP contribution is -2.22. The van der Waals surface area contributed by atoms with Crippen LogP contribution in [-0.4, -0.2) is 10.2 Å². The Balaban J connectivity index is 1.95. The summed E-state index contributed by atoms with van der Waals surface area (Å²) in [7, 11) is 0. The van der Waals surface area contributed by atoms with Crippen molar-refractivity contribution in [3.05, 3.63) is 94.0 Å². The SMILES string of the molecule is CCC(C)c1cc(C(C)(C)c2ccc(C(C)(C)c3ccc(O)c(C(C)CC)c3)cc2)ccc1O. The molecule has 0 aliphatic rings. The van der Waals surface area contributed by atoms with Crippen molar-refractivity contribution in [3.8, 4) is 11.5 Å². The van der Waals surface area contributed by atoms with Crippen molar-refractivity contribution in [3.63, 3.8) is 0 Å². The smallest absolute Gasteiger partial charge is 0.119 e. The van der Waals surface area contributed by atoms with Crippen molar-refractivity contribution in [2.24, 2.45) is 0 Å². The molecule has 0 spiro atoms. The molecule has 0 aromatic heterocycles. The standard InChI is InChI=1S/C32H42O2/c1-9-21(3)27-19-25(15-17-29(27)33)31(5,6)23-11-13-24(14-12-23)32(7,8)26-16-18-30(34)28(20-26)22(4)10-2/h11-22,33-34H,9-10H2,1-8H3. The Morgan fingerprint density at radius 2 is 0.853 bits per heavy atom. The Hall–Kier alpha value is -2.74. The quantitative estimate of drug-likeness (QED) is 0.354. The number of phenolic OH excluding ortho intramolecular Hbond substituents is 2. The molecule has 0 aliphatic carbocycles. The highest BCUT2D eigenvalue weighted by atomic mass is 16.3. The van der Waals surface area contributed by atoms with Gasteiger partial charge in [-0.1, -0.05) is 104 Å². The third-order valence-corrected chi connectivity index (χ3v) is 8.11. The normalized spacial score (nSPS) is 14.1. The van der Waals surface area contributed by atoms with E-state index in [1.165, 1.54) is 22.3 Å². The first-order valence-corrected chi connectivity index (χ1v) is 12.7. The molecule has 3 aromatic rings. The van der Waals surface area contributed by atoms with Crippen LogP contribution in [0.1, 0.15) is 113 Å². The zero-order valence-electron chi connectivity index (χ0n) is 22.2. The van der Waals surface area contributed by atoms with Crippen LogP contribution in [0.15, 0.2) is 60.7 Å². The monoisotopic (exact) mass is 458 g/mol. The summed E-state index contributed by atoms with van der Waals surface area (Å²) in [6, 6.07) is 21.1. The molecule has 2 unspecified atom stereocenters. The highest BCUT2D eigenvalue weighted by molar-refractivity contribution is 5.48. The summed E-state index contributed by atoms with van der Waals surface area (Å²) in [6.45, 7) is 17.6. The number of hydrogen-bond donors (Lipinski definition) is 2. The van der Waals surface area contributed by atoms with Crippen LogP contribution in [0.3, 0.4) is 0 Å². The summed E-state index contributed by atoms with van der Waals surface area (Å²) >= 11 is 0. The predicted molar refractivity (Wildman–Crippen MR) is 144 cm³/mol. The lowest BCUT2D eigenvalue weighted by molar-refractivity contribution is 0.460. The van der Waals surface area contributed by atoms with Gasteiger partial charge in [0.2, 0.25) is 0 Å². The Labute approximate surface area is 206 Å². The lowest BCUT2D eigenvalue weighted by Gasteiger charge is -2.30. The topological polar surface area (TPSA) is 40.5 Å². The van der Waals surface area contributed by atoms with Crippen LogP contribution in [0, 0.1) is 0 Å². The zero-order valence-corrected chi connectivity index (χ0v) is 22.2. The molecular formula is C32H42O2. The van der Waals surface area contributed by atoms with Gasteiger partial charge in [-0.25, -0.2) is 0 Å². The number of phenols is 2. The van der Waals surface area contributed by atoms with Crippen LogP contribution < -0.4 is 0 Å². The van der Waals surface area contributed by atoms with Gasteiger partial charge < -0.3 is 10.2 Å². The molecule has 0 aliphatic heterocycles. The molecule has 0 amide bonds. The number of aromatic hydroxyl groups is 2. The summed E-state index contributed by atoms with van der Waals surface area (Å²) in [5.41, 5.74) is 6.61. The molecule has 2 atom stereocenters. The van der Waals surface area contributed by atoms with Crippen LogP contribution in [0.4, 0.5) is 0 Å². The second kappa shape index (κ2) is 9.86. The van der Waals surface area contributed by atoms with E-state index in [2.05, 4.69) is 91.8 Å². The fourth-order valence-electron chi connectivity index (χ4n) is 4.75. The molecule has 2 heteroatoms. The van der Waals surface area contributed by atoms with E-state index in [0.717, 1.165) is 24.0 Å². The molecule has 3 aromatic carbocycles. The largest absolute Gasteiger partial charge is 0.508 e. The van der Waals surface area contributed by atoms with Gasteiger partial charge in [0.15, 0.2) is 0 Å². The summed E-state index contributed by atoms with van der Waals surface area (Å²) in [6.07, 6.45) is 1.99. The molecule has 0 heterocycles. The Morgan fingerprint density at radius 3 is 1.15 bits per heavy atom. The van der Waals surface area contributed by atoms with Gasteiger partial charge in [-0.05, 0) is 70.2 Å². The average molecular weight is 459 g/mol. The molecule has 2 nitrogen and oxygen atoms in total. The molecule has 182 valence electrons. The first-order chi connectivity index (χ1) is 15.9. The molecule has 2 N–H and O–H groups in total. The third kappa shape index (κ3) is 4.87. The van der Waals surface area contributed by atoms with E-state index in [0.29, 0.717) is 23.3 Å². The maximum atomic E-state index is 10.4. The molecule has 0 radical (unpaired) electrons. The van der Waals surface area contributed by atoms with Crippen molar-refractivity contribution in [2.45, 2.75) is 90.9 Å². The average Bonchev–Trinajstić information content (AvgIpc) is 2.83. The second-order valence-corrected chi connectivity index (χ2v) is 11.0. The molecule has 0 fully saturated rings. The summed E-state index contributed by atoms with van der Waals surface area (Å²) in [5.74, 6) is 1.42. The van der Waals surface area contributed by atoms with Gasteiger partial charge >= 0.3 is 0 Å². The highest BCUT2D eigenvalue weighted by Gasteiger charge is 2.28. The van der Waals surface area contributed by atoms with Crippen LogP contribution in [0.2, 0.25) is 0 Å². The van der Waals surface area contributed by atoms with Crippen LogP contribution in [0.5, 0.6) is 11.5 Å². The van der Waals surface area contributed by atoms with Crippen molar-refractivity contribution in [1.82, 2.24) is 0 Å². The highest BCUT2D eigenvalue weighted by Crippen LogP contribution is 2.40. The Kier molecular flexibility index (Phi) is 7.50. The van der Waals surface area contributed by atoms with Crippen LogP contribution >= 0.6 is 0 Å². The fourth-order valence-corrected chi connectivity index (χ4v) is 4.75. The van der Waals surface area contributed by atoms with Crippen LogP contribution in [-0.2, 0) is 10.8 Å². The van der Waals surface area contributed by atoms with Crippen molar-refractivity contribution >= 4 is 0 Å². The number of rotatable bonds is 8. The van der Waals surface area contributed by atoms with E-state index >= 15 is 0 Å². The Morgan fingerprint density at radius 1 is 0.559 bits per heavy atom. The molecule has 34 heavy (non-hydrogen) atoms. The fraction of sp³-hybridized carbons (Fsp3) is 0.438. The minimum atomic E-state index is -0.180. The van der Waals surface area contributed by atoms with Gasteiger partial charge in [0.05, 0.1) is 0 Å². The second-order valence-electron chi connectivity index (χ2n) is 11.0. The number of hydrogen-bond acceptors (Lipinski definition) is 2. The van der Waals surface area contributed by atoms with E-state index in [9.17, 15) is 10.2 Å². The first kappa shape index (κ1) is 25.9. The minimum absolute atomic E-state index is 0.180. The van der Waals surface area contributed by atoms with Gasteiger partial charge in [-0.2, -0.15) is 0 Å². The molecule has 0 bridgehead atoms. The minimum Gasteiger partial charge on any atom is -0.508 e. The summed E-state index contributed by atoms with van der Waals surface area (Å²) < 4.78 is 0. The van der Waals surface area contributed by atoms with E-state index in [1.54, 1.807) is 0 Å². The van der Waals surface area contributed by atoms with E-state index in [1.807, 2.05) is 24.3 Å². The maximum absolute atomic E-state index is 10.4. The molecule has 3 rings (SSSR count). The van der Waals surface area contributed by atoms with Crippen molar-refractivity contribution in [2.75, 3.05) is 0 Å². The zero-order chi connectivity index (χ0) is 25.3. The van der Waals surface area contributed by atoms with Gasteiger partial charge in [0.1, 0.15) is 11.5 Å². The number of benzene rings is 3. The van der Waals surface area contributed by atoms with Gasteiger partial charge in [-0.15, -0.1) is 0 Å². The van der Waals surface area contributed by atoms with E-state index in [4.69, 9.17) is 0 Å². The summed E-state index contributed by atoms with van der Waals surface area (Å²) in [5, 5.41) is 20.8. The molecular weight excluding hydrogens is 416 g/mol. The van der Waals surface area contributed by atoms with Gasteiger partial charge in [-0.3, -0.25) is 0 Å². The van der Waals surface area contributed by atoms with Gasteiger partial charge in [0, 0.05) is 10.8 Å². The van der Waals surface area contributed by atoms with Gasteiger partial charge in [0.25, 0.3) is 0 Å². The van der Waals surface area contributed by atoms with E-state index in [-0.39, 0.29) is 10.8 Å². The van der Waals surface area contributed by atoms with Crippen molar-refractivity contribution < 1.29 is 10.2 Å². The van der Waals surface area contributed by atoms with Crippen LogP contribution in [0.25, 0.3) is 0 Å².